The van der Waals surface area contributed by atoms with Crippen LogP contribution in [-0.2, 0) is 0 Å². The summed E-state index contributed by atoms with van der Waals surface area (Å²) in [5, 5.41) is 2.35. The molecule has 0 radical (unpaired) electrons. The topological polar surface area (TPSA) is 59.9 Å². The summed E-state index contributed by atoms with van der Waals surface area (Å²) in [7, 11) is 0. The number of hydrogen-bond acceptors (Lipinski definition) is 3. The molecule has 0 unspecified atom stereocenters. The fraction of sp³-hybridized carbons (Fsp3) is 0.111. The SMILES string of the molecule is O=c1ncn(-c2ccc(OC(F)(F)F)cc2)[nH]1. The van der Waals surface area contributed by atoms with Crippen molar-refractivity contribution in [1.82, 2.24) is 14.8 Å². The molecule has 0 spiro atoms. The van der Waals surface area contributed by atoms with Gasteiger partial charge in [-0.05, 0) is 24.3 Å². The van der Waals surface area contributed by atoms with Crippen molar-refractivity contribution in [2.45, 2.75) is 6.36 Å². The highest BCUT2D eigenvalue weighted by atomic mass is 19.4. The zero-order chi connectivity index (χ0) is 12.5. The molecule has 1 aromatic carbocycles. The van der Waals surface area contributed by atoms with Crippen LogP contribution in [0.5, 0.6) is 5.75 Å². The van der Waals surface area contributed by atoms with Gasteiger partial charge in [-0.25, -0.2) is 14.6 Å². The van der Waals surface area contributed by atoms with Crippen LogP contribution in [0.25, 0.3) is 5.69 Å². The third-order valence-electron chi connectivity index (χ3n) is 1.86. The van der Waals surface area contributed by atoms with E-state index in [-0.39, 0.29) is 5.75 Å². The molecule has 0 aliphatic rings. The molecule has 0 saturated heterocycles. The fourth-order valence-corrected chi connectivity index (χ4v) is 1.21. The summed E-state index contributed by atoms with van der Waals surface area (Å²) in [6, 6.07) is 5.00. The molecule has 0 atom stereocenters. The van der Waals surface area contributed by atoms with Gasteiger partial charge in [-0.15, -0.1) is 13.2 Å². The molecule has 0 aliphatic heterocycles. The van der Waals surface area contributed by atoms with Crippen molar-refractivity contribution in [3.63, 3.8) is 0 Å². The van der Waals surface area contributed by atoms with E-state index < -0.39 is 12.1 Å². The van der Waals surface area contributed by atoms with Crippen LogP contribution in [-0.4, -0.2) is 21.1 Å². The van der Waals surface area contributed by atoms with Gasteiger partial charge in [0, 0.05) is 0 Å². The molecule has 1 aromatic heterocycles. The first-order chi connectivity index (χ1) is 7.94. The van der Waals surface area contributed by atoms with Crippen molar-refractivity contribution in [2.75, 3.05) is 0 Å². The van der Waals surface area contributed by atoms with Crippen molar-refractivity contribution in [1.29, 1.82) is 0 Å². The first kappa shape index (κ1) is 11.2. The lowest BCUT2D eigenvalue weighted by atomic mass is 10.3. The highest BCUT2D eigenvalue weighted by molar-refractivity contribution is 5.36. The molecule has 0 saturated carbocycles. The minimum atomic E-state index is -4.72. The molecule has 0 fully saturated rings. The molecule has 5 nitrogen and oxygen atoms in total. The smallest absolute Gasteiger partial charge is 0.406 e. The minimum Gasteiger partial charge on any atom is -0.406 e. The van der Waals surface area contributed by atoms with Gasteiger partial charge in [0.25, 0.3) is 0 Å². The van der Waals surface area contributed by atoms with E-state index in [1.807, 2.05) is 0 Å². The van der Waals surface area contributed by atoms with Crippen LogP contribution >= 0.6 is 0 Å². The number of benzene rings is 1. The Hall–Kier alpha value is -2.25. The molecule has 90 valence electrons. The molecule has 8 heteroatoms. The Bertz CT molecular complexity index is 556. The van der Waals surface area contributed by atoms with Crippen LogP contribution in [0.4, 0.5) is 13.2 Å². The quantitative estimate of drug-likeness (QED) is 0.871. The second-order valence-corrected chi connectivity index (χ2v) is 3.07. The summed E-state index contributed by atoms with van der Waals surface area (Å²) >= 11 is 0. The van der Waals surface area contributed by atoms with Gasteiger partial charge >= 0.3 is 12.1 Å². The maximum Gasteiger partial charge on any atom is 0.573 e. The number of alkyl halides is 3. The summed E-state index contributed by atoms with van der Waals surface area (Å²) in [6.45, 7) is 0. The minimum absolute atomic E-state index is 0.330. The number of ether oxygens (including phenoxy) is 1. The Morgan fingerprint density at radius 2 is 1.88 bits per heavy atom. The Morgan fingerprint density at radius 1 is 1.24 bits per heavy atom. The number of nitrogens with zero attached hydrogens (tertiary/aromatic N) is 2. The van der Waals surface area contributed by atoms with Gasteiger partial charge in [0.1, 0.15) is 12.1 Å². The molecule has 17 heavy (non-hydrogen) atoms. The Labute approximate surface area is 92.5 Å². The number of aromatic amines is 1. The Balaban J connectivity index is 2.21. The van der Waals surface area contributed by atoms with Crippen molar-refractivity contribution in [3.8, 4) is 11.4 Å². The molecule has 0 amide bonds. The predicted molar refractivity (Wildman–Crippen MR) is 50.9 cm³/mol. The average Bonchev–Trinajstić information content (AvgIpc) is 2.63. The molecular weight excluding hydrogens is 239 g/mol. The maximum absolute atomic E-state index is 11.9. The lowest BCUT2D eigenvalue weighted by Gasteiger charge is -2.09. The van der Waals surface area contributed by atoms with Gasteiger partial charge in [0.05, 0.1) is 5.69 Å². The first-order valence-electron chi connectivity index (χ1n) is 4.44. The molecule has 2 rings (SSSR count). The number of H-pyrrole nitrogens is 1. The summed E-state index contributed by atoms with van der Waals surface area (Å²) in [6.07, 6.45) is -3.49. The summed E-state index contributed by atoms with van der Waals surface area (Å²) in [5.41, 5.74) is -0.0743. The van der Waals surface area contributed by atoms with E-state index >= 15 is 0 Å². The van der Waals surface area contributed by atoms with Crippen LogP contribution in [0.15, 0.2) is 35.4 Å². The van der Waals surface area contributed by atoms with Gasteiger partial charge in [-0.3, -0.25) is 0 Å². The first-order valence-corrected chi connectivity index (χ1v) is 4.44. The van der Waals surface area contributed by atoms with Crippen molar-refractivity contribution < 1.29 is 17.9 Å². The van der Waals surface area contributed by atoms with Gasteiger partial charge in [0.2, 0.25) is 0 Å². The zero-order valence-corrected chi connectivity index (χ0v) is 8.23. The van der Waals surface area contributed by atoms with Gasteiger partial charge in [0.15, 0.2) is 0 Å². The molecule has 0 aliphatic carbocycles. The predicted octanol–water partition coefficient (Wildman–Crippen LogP) is 1.46. The molecule has 1 N–H and O–H groups in total. The van der Waals surface area contributed by atoms with Crippen LogP contribution in [0.1, 0.15) is 0 Å². The lowest BCUT2D eigenvalue weighted by molar-refractivity contribution is -0.274. The fourth-order valence-electron chi connectivity index (χ4n) is 1.21. The third kappa shape index (κ3) is 2.86. The van der Waals surface area contributed by atoms with Crippen LogP contribution < -0.4 is 10.4 Å². The average molecular weight is 245 g/mol. The maximum atomic E-state index is 11.9. The number of aromatic nitrogens is 3. The highest BCUT2D eigenvalue weighted by Gasteiger charge is 2.30. The monoisotopic (exact) mass is 245 g/mol. The van der Waals surface area contributed by atoms with Crippen LogP contribution in [0, 0.1) is 0 Å². The highest BCUT2D eigenvalue weighted by Crippen LogP contribution is 2.23. The second kappa shape index (κ2) is 3.96. The van der Waals surface area contributed by atoms with Gasteiger partial charge in [-0.1, -0.05) is 0 Å². The second-order valence-electron chi connectivity index (χ2n) is 3.07. The standard InChI is InChI=1S/C9H6F3N3O2/c10-9(11,12)17-7-3-1-6(2-4-7)15-5-13-8(16)14-15/h1-5H,(H,14,16). The largest absolute Gasteiger partial charge is 0.573 e. The van der Waals surface area contributed by atoms with E-state index in [0.29, 0.717) is 5.69 Å². The number of rotatable bonds is 2. The Kier molecular flexibility index (Phi) is 2.62. The van der Waals surface area contributed by atoms with Crippen molar-refractivity contribution in [2.24, 2.45) is 0 Å². The van der Waals surface area contributed by atoms with Crippen molar-refractivity contribution in [3.05, 3.63) is 41.1 Å². The van der Waals surface area contributed by atoms with E-state index in [1.165, 1.54) is 23.1 Å². The summed E-state index contributed by atoms with van der Waals surface area (Å²) in [5.74, 6) is -0.330. The van der Waals surface area contributed by atoms with E-state index in [9.17, 15) is 18.0 Å². The number of hydrogen-bond donors (Lipinski definition) is 1. The number of nitrogens with one attached hydrogen (secondary N) is 1. The van der Waals surface area contributed by atoms with E-state index in [2.05, 4.69) is 14.8 Å². The lowest BCUT2D eigenvalue weighted by Crippen LogP contribution is -2.17. The van der Waals surface area contributed by atoms with Crippen molar-refractivity contribution >= 4 is 0 Å². The summed E-state index contributed by atoms with van der Waals surface area (Å²) in [4.78, 5) is 14.2. The van der Waals surface area contributed by atoms with Crippen LogP contribution in [0.2, 0.25) is 0 Å². The normalized spacial score (nSPS) is 11.5. The molecule has 2 aromatic rings. The summed E-state index contributed by atoms with van der Waals surface area (Å²) < 4.78 is 40.6. The van der Waals surface area contributed by atoms with E-state index in [1.54, 1.807) is 0 Å². The third-order valence-corrected chi connectivity index (χ3v) is 1.86. The van der Waals surface area contributed by atoms with Gasteiger partial charge in [-0.2, -0.15) is 4.98 Å². The van der Waals surface area contributed by atoms with Crippen LogP contribution in [0.3, 0.4) is 0 Å². The molecular formula is C9H6F3N3O2. The van der Waals surface area contributed by atoms with E-state index in [4.69, 9.17) is 0 Å². The molecule has 0 bridgehead atoms. The Morgan fingerprint density at radius 3 is 2.35 bits per heavy atom. The molecule has 1 heterocycles. The van der Waals surface area contributed by atoms with Gasteiger partial charge < -0.3 is 4.74 Å². The number of halogens is 3. The van der Waals surface area contributed by atoms with E-state index in [0.717, 1.165) is 12.1 Å². The zero-order valence-electron chi connectivity index (χ0n) is 8.23.